The first kappa shape index (κ1) is 21.9. The first-order valence-electron chi connectivity index (χ1n) is 9.52. The van der Waals surface area contributed by atoms with Crippen LogP contribution in [0.1, 0.15) is 0 Å². The minimum atomic E-state index is -3.78. The summed E-state index contributed by atoms with van der Waals surface area (Å²) in [5, 5.41) is -0.968. The van der Waals surface area contributed by atoms with Gasteiger partial charge in [0.15, 0.2) is 19.7 Å². The van der Waals surface area contributed by atoms with Crippen LogP contribution in [0.25, 0.3) is 0 Å². The summed E-state index contributed by atoms with van der Waals surface area (Å²) in [6.45, 7) is 2.59. The van der Waals surface area contributed by atoms with Crippen LogP contribution in [-0.4, -0.2) is 77.8 Å². The molecule has 0 aliphatic carbocycles. The number of ether oxygens (including phenoxy) is 1. The molecule has 2 aliphatic rings. The van der Waals surface area contributed by atoms with Crippen molar-refractivity contribution in [3.63, 3.8) is 0 Å². The molecular formula is C19H23ClN2O5S3. The molecule has 2 saturated heterocycles. The molecule has 1 aromatic heterocycles. The van der Waals surface area contributed by atoms with Crippen molar-refractivity contribution in [2.75, 3.05) is 49.7 Å². The first-order chi connectivity index (χ1) is 14.2. The Hall–Kier alpha value is -1.33. The highest BCUT2D eigenvalue weighted by atomic mass is 35.5. The summed E-state index contributed by atoms with van der Waals surface area (Å²) in [6, 6.07) is 10.2. The second-order valence-corrected chi connectivity index (χ2v) is 13.8. The van der Waals surface area contributed by atoms with Crippen molar-refractivity contribution in [2.24, 2.45) is 0 Å². The average molecular weight is 491 g/mol. The molecule has 3 heterocycles. The molecular weight excluding hydrogens is 468 g/mol. The van der Waals surface area contributed by atoms with Crippen molar-refractivity contribution in [3.8, 4) is 5.75 Å². The fourth-order valence-electron chi connectivity index (χ4n) is 4.14. The zero-order valence-electron chi connectivity index (χ0n) is 16.4. The van der Waals surface area contributed by atoms with Crippen molar-refractivity contribution in [1.82, 2.24) is 4.90 Å². The number of piperazine rings is 1. The van der Waals surface area contributed by atoms with Crippen LogP contribution in [0, 0.1) is 0 Å². The van der Waals surface area contributed by atoms with Crippen molar-refractivity contribution >= 4 is 48.3 Å². The minimum Gasteiger partial charge on any atom is -0.497 e. The number of halogens is 1. The fraction of sp³-hybridized carbons (Fsp3) is 0.474. The molecule has 2 fully saturated rings. The summed E-state index contributed by atoms with van der Waals surface area (Å²) in [7, 11) is -5.58. The lowest BCUT2D eigenvalue weighted by atomic mass is 10.1. The van der Waals surface area contributed by atoms with Gasteiger partial charge in [-0.15, -0.1) is 11.3 Å². The van der Waals surface area contributed by atoms with Gasteiger partial charge in [-0.2, -0.15) is 0 Å². The lowest BCUT2D eigenvalue weighted by Crippen LogP contribution is -2.54. The Morgan fingerprint density at radius 3 is 2.27 bits per heavy atom. The Morgan fingerprint density at radius 2 is 1.70 bits per heavy atom. The van der Waals surface area contributed by atoms with Crippen LogP contribution in [0.15, 0.2) is 40.6 Å². The van der Waals surface area contributed by atoms with Gasteiger partial charge in [0.25, 0.3) is 0 Å². The van der Waals surface area contributed by atoms with E-state index < -0.39 is 31.0 Å². The van der Waals surface area contributed by atoms with E-state index in [0.717, 1.165) is 22.8 Å². The molecule has 164 valence electrons. The number of rotatable bonds is 5. The SMILES string of the molecule is COc1ccc(N2CCN([C@H]3CS(=O)(=O)C[C@@H]3S(=O)(=O)c3ccc(Cl)s3)CC2)cc1. The molecule has 0 N–H and O–H groups in total. The van der Waals surface area contributed by atoms with E-state index in [9.17, 15) is 16.8 Å². The predicted octanol–water partition coefficient (Wildman–Crippen LogP) is 2.17. The topological polar surface area (TPSA) is 84.0 Å². The van der Waals surface area contributed by atoms with Crippen molar-refractivity contribution in [3.05, 3.63) is 40.7 Å². The van der Waals surface area contributed by atoms with Crippen LogP contribution < -0.4 is 9.64 Å². The number of hydrogen-bond acceptors (Lipinski definition) is 8. The standard InChI is InChI=1S/C19H23ClN2O5S3/c1-27-15-4-2-14(3-5-15)21-8-10-22(11-9-21)16-12-29(23,24)13-17(16)30(25,26)19-7-6-18(20)28-19/h2-7,16-17H,8-13H2,1H3/t16-,17-/m0/s1. The molecule has 0 amide bonds. The van der Waals surface area contributed by atoms with Gasteiger partial charge in [0.1, 0.15) is 9.96 Å². The Kier molecular flexibility index (Phi) is 6.06. The highest BCUT2D eigenvalue weighted by Crippen LogP contribution is 2.34. The molecule has 30 heavy (non-hydrogen) atoms. The van der Waals surface area contributed by atoms with Gasteiger partial charge >= 0.3 is 0 Å². The quantitative estimate of drug-likeness (QED) is 0.635. The minimum absolute atomic E-state index is 0.126. The Labute approximate surface area is 186 Å². The summed E-state index contributed by atoms with van der Waals surface area (Å²) in [6.07, 6.45) is 0. The van der Waals surface area contributed by atoms with Gasteiger partial charge in [-0.1, -0.05) is 11.6 Å². The van der Waals surface area contributed by atoms with E-state index in [2.05, 4.69) is 4.90 Å². The van der Waals surface area contributed by atoms with Crippen molar-refractivity contribution < 1.29 is 21.6 Å². The van der Waals surface area contributed by atoms with E-state index in [1.807, 2.05) is 29.2 Å². The fourth-order valence-corrected chi connectivity index (χ4v) is 10.7. The summed E-state index contributed by atoms with van der Waals surface area (Å²) in [5.41, 5.74) is 1.06. The van der Waals surface area contributed by atoms with E-state index >= 15 is 0 Å². The lowest BCUT2D eigenvalue weighted by molar-refractivity contribution is 0.202. The van der Waals surface area contributed by atoms with Gasteiger partial charge in [0.2, 0.25) is 0 Å². The summed E-state index contributed by atoms with van der Waals surface area (Å²) in [5.74, 6) is 0.322. The van der Waals surface area contributed by atoms with Gasteiger partial charge in [-0.25, -0.2) is 16.8 Å². The molecule has 2 aromatic rings. The highest BCUT2D eigenvalue weighted by Gasteiger charge is 2.49. The molecule has 0 saturated carbocycles. The molecule has 0 radical (unpaired) electrons. The third-order valence-electron chi connectivity index (χ3n) is 5.72. The van der Waals surface area contributed by atoms with Gasteiger partial charge in [0.05, 0.1) is 28.2 Å². The molecule has 0 bridgehead atoms. The molecule has 0 spiro atoms. The third kappa shape index (κ3) is 4.34. The van der Waals surface area contributed by atoms with E-state index in [4.69, 9.17) is 16.3 Å². The summed E-state index contributed by atoms with van der Waals surface area (Å²) in [4.78, 5) is 4.23. The average Bonchev–Trinajstić information content (AvgIpc) is 3.32. The maximum absolute atomic E-state index is 13.2. The van der Waals surface area contributed by atoms with E-state index in [1.54, 1.807) is 7.11 Å². The normalized spacial score (nSPS) is 24.8. The largest absolute Gasteiger partial charge is 0.497 e. The predicted molar refractivity (Wildman–Crippen MR) is 120 cm³/mol. The van der Waals surface area contributed by atoms with Crippen LogP contribution in [0.5, 0.6) is 5.75 Å². The number of methoxy groups -OCH3 is 1. The second kappa shape index (κ2) is 8.31. The van der Waals surface area contributed by atoms with Crippen molar-refractivity contribution in [2.45, 2.75) is 15.5 Å². The zero-order chi connectivity index (χ0) is 21.5. The van der Waals surface area contributed by atoms with Gasteiger partial charge in [-0.3, -0.25) is 4.90 Å². The molecule has 4 rings (SSSR count). The number of nitrogens with zero attached hydrogens (tertiary/aromatic N) is 2. The van der Waals surface area contributed by atoms with E-state index in [-0.39, 0.29) is 15.7 Å². The number of sulfone groups is 2. The summed E-state index contributed by atoms with van der Waals surface area (Å²) < 4.78 is 56.8. The van der Waals surface area contributed by atoms with Crippen LogP contribution in [-0.2, 0) is 19.7 Å². The smallest absolute Gasteiger partial charge is 0.193 e. The van der Waals surface area contributed by atoms with Crippen LogP contribution in [0.3, 0.4) is 0 Å². The Balaban J connectivity index is 1.51. The van der Waals surface area contributed by atoms with Gasteiger partial charge in [0, 0.05) is 37.9 Å². The van der Waals surface area contributed by atoms with Crippen LogP contribution in [0.2, 0.25) is 4.34 Å². The van der Waals surface area contributed by atoms with Crippen molar-refractivity contribution in [1.29, 1.82) is 0 Å². The highest BCUT2D eigenvalue weighted by molar-refractivity contribution is 7.97. The molecule has 7 nitrogen and oxygen atoms in total. The zero-order valence-corrected chi connectivity index (χ0v) is 19.6. The maximum Gasteiger partial charge on any atom is 0.193 e. The first-order valence-corrected chi connectivity index (χ1v) is 14.1. The lowest BCUT2D eigenvalue weighted by Gasteiger charge is -2.40. The second-order valence-electron chi connectivity index (χ2n) is 7.51. The van der Waals surface area contributed by atoms with Gasteiger partial charge < -0.3 is 9.64 Å². The van der Waals surface area contributed by atoms with Gasteiger partial charge in [-0.05, 0) is 36.4 Å². The molecule has 0 unspecified atom stereocenters. The van der Waals surface area contributed by atoms with E-state index in [1.165, 1.54) is 12.1 Å². The molecule has 1 aromatic carbocycles. The Bertz CT molecular complexity index is 1110. The number of thiophene rings is 1. The molecule has 2 aliphatic heterocycles. The van der Waals surface area contributed by atoms with Crippen LogP contribution in [0.4, 0.5) is 5.69 Å². The maximum atomic E-state index is 13.2. The third-order valence-corrected chi connectivity index (χ3v) is 11.6. The number of benzene rings is 1. The molecule has 2 atom stereocenters. The van der Waals surface area contributed by atoms with Crippen LogP contribution >= 0.6 is 22.9 Å². The molecule has 11 heteroatoms. The van der Waals surface area contributed by atoms with E-state index in [0.29, 0.717) is 30.5 Å². The number of hydrogen-bond donors (Lipinski definition) is 0. The number of anilines is 1. The summed E-state index contributed by atoms with van der Waals surface area (Å²) >= 11 is 6.90. The monoisotopic (exact) mass is 490 g/mol. The Morgan fingerprint density at radius 1 is 1.03 bits per heavy atom.